The summed E-state index contributed by atoms with van der Waals surface area (Å²) < 4.78 is 30.4. The van der Waals surface area contributed by atoms with Gasteiger partial charge in [0.2, 0.25) is 10.0 Å². The molecule has 0 heterocycles. The SMILES string of the molecule is CC(C)OCCCNC(=O)c1ccc(S(=O)(=O)N(C)C)cc1. The van der Waals surface area contributed by atoms with Gasteiger partial charge in [-0.05, 0) is 44.5 Å². The first-order valence-corrected chi connectivity index (χ1v) is 8.61. The molecule has 7 heteroatoms. The molecule has 1 aromatic carbocycles. The Kier molecular flexibility index (Phi) is 6.99. The van der Waals surface area contributed by atoms with E-state index in [1.807, 2.05) is 13.8 Å². The molecule has 1 rings (SSSR count). The number of nitrogens with one attached hydrogen (secondary N) is 1. The van der Waals surface area contributed by atoms with E-state index in [-0.39, 0.29) is 16.9 Å². The fourth-order valence-corrected chi connectivity index (χ4v) is 2.59. The van der Waals surface area contributed by atoms with Gasteiger partial charge in [0, 0.05) is 32.8 Å². The van der Waals surface area contributed by atoms with Crippen LogP contribution in [0.1, 0.15) is 30.6 Å². The van der Waals surface area contributed by atoms with E-state index in [4.69, 9.17) is 4.74 Å². The Balaban J connectivity index is 2.55. The number of hydrogen-bond acceptors (Lipinski definition) is 4. The summed E-state index contributed by atoms with van der Waals surface area (Å²) in [5, 5.41) is 2.77. The Bertz CT molecular complexity index is 580. The Hall–Kier alpha value is -1.44. The minimum absolute atomic E-state index is 0.166. The first-order chi connectivity index (χ1) is 10.2. The highest BCUT2D eigenvalue weighted by molar-refractivity contribution is 7.89. The van der Waals surface area contributed by atoms with E-state index in [0.717, 1.165) is 10.7 Å². The van der Waals surface area contributed by atoms with Crippen molar-refractivity contribution >= 4 is 15.9 Å². The second-order valence-electron chi connectivity index (χ2n) is 5.34. The van der Waals surface area contributed by atoms with Crippen LogP contribution in [0.15, 0.2) is 29.2 Å². The minimum Gasteiger partial charge on any atom is -0.379 e. The lowest BCUT2D eigenvalue weighted by Gasteiger charge is -2.12. The van der Waals surface area contributed by atoms with Crippen LogP contribution in [0.25, 0.3) is 0 Å². The van der Waals surface area contributed by atoms with Crippen molar-refractivity contribution in [3.05, 3.63) is 29.8 Å². The maximum atomic E-state index is 11.9. The number of hydrogen-bond donors (Lipinski definition) is 1. The first kappa shape index (κ1) is 18.6. The van der Waals surface area contributed by atoms with Crippen LogP contribution in [0.5, 0.6) is 0 Å². The Morgan fingerprint density at radius 1 is 1.23 bits per heavy atom. The van der Waals surface area contributed by atoms with Crippen molar-refractivity contribution in [1.82, 2.24) is 9.62 Å². The van der Waals surface area contributed by atoms with E-state index < -0.39 is 10.0 Å². The second-order valence-corrected chi connectivity index (χ2v) is 7.49. The first-order valence-electron chi connectivity index (χ1n) is 7.17. The van der Waals surface area contributed by atoms with Gasteiger partial charge < -0.3 is 10.1 Å². The Morgan fingerprint density at radius 3 is 2.32 bits per heavy atom. The van der Waals surface area contributed by atoms with Crippen molar-refractivity contribution in [2.24, 2.45) is 0 Å². The predicted molar refractivity (Wildman–Crippen MR) is 85.4 cm³/mol. The Labute approximate surface area is 132 Å². The third-order valence-electron chi connectivity index (χ3n) is 2.95. The lowest BCUT2D eigenvalue weighted by Crippen LogP contribution is -2.26. The molecule has 0 aliphatic rings. The van der Waals surface area contributed by atoms with Gasteiger partial charge in [-0.3, -0.25) is 4.79 Å². The molecule has 0 radical (unpaired) electrons. The standard InChI is InChI=1S/C15H24N2O4S/c1-12(2)21-11-5-10-16-15(18)13-6-8-14(9-7-13)22(19,20)17(3)4/h6-9,12H,5,10-11H2,1-4H3,(H,16,18). The number of benzene rings is 1. The lowest BCUT2D eigenvalue weighted by molar-refractivity contribution is 0.0757. The smallest absolute Gasteiger partial charge is 0.251 e. The van der Waals surface area contributed by atoms with Gasteiger partial charge in [0.1, 0.15) is 0 Å². The number of amides is 1. The summed E-state index contributed by atoms with van der Waals surface area (Å²) in [6, 6.07) is 5.89. The fraction of sp³-hybridized carbons (Fsp3) is 0.533. The molecular formula is C15H24N2O4S. The van der Waals surface area contributed by atoms with Gasteiger partial charge in [-0.25, -0.2) is 12.7 Å². The summed E-state index contributed by atoms with van der Waals surface area (Å²) in [6.45, 7) is 5.03. The fourth-order valence-electron chi connectivity index (χ4n) is 1.68. The van der Waals surface area contributed by atoms with Crippen molar-refractivity contribution in [3.63, 3.8) is 0 Å². The summed E-state index contributed by atoms with van der Waals surface area (Å²) in [5.74, 6) is -0.224. The van der Waals surface area contributed by atoms with Crippen LogP contribution >= 0.6 is 0 Å². The maximum Gasteiger partial charge on any atom is 0.251 e. The third kappa shape index (κ3) is 5.40. The lowest BCUT2D eigenvalue weighted by atomic mass is 10.2. The zero-order chi connectivity index (χ0) is 16.8. The molecule has 124 valence electrons. The summed E-state index contributed by atoms with van der Waals surface area (Å²) in [4.78, 5) is 12.1. The molecule has 0 saturated carbocycles. The number of rotatable bonds is 8. The van der Waals surface area contributed by atoms with Crippen LogP contribution in [-0.4, -0.2) is 52.0 Å². The molecule has 1 N–H and O–H groups in total. The number of nitrogens with zero attached hydrogens (tertiary/aromatic N) is 1. The topological polar surface area (TPSA) is 75.7 Å². The van der Waals surface area contributed by atoms with Crippen molar-refractivity contribution in [2.75, 3.05) is 27.2 Å². The molecule has 1 amide bonds. The van der Waals surface area contributed by atoms with E-state index in [1.54, 1.807) is 0 Å². The molecule has 0 aliphatic heterocycles. The quantitative estimate of drug-likeness (QED) is 0.734. The molecule has 6 nitrogen and oxygen atoms in total. The molecule has 0 aromatic heterocycles. The molecule has 22 heavy (non-hydrogen) atoms. The highest BCUT2D eigenvalue weighted by Crippen LogP contribution is 2.13. The molecule has 0 unspecified atom stereocenters. The molecule has 1 aromatic rings. The van der Waals surface area contributed by atoms with E-state index in [2.05, 4.69) is 5.32 Å². The molecular weight excluding hydrogens is 304 g/mol. The van der Waals surface area contributed by atoms with Crippen LogP contribution in [0.4, 0.5) is 0 Å². The molecule has 0 spiro atoms. The summed E-state index contributed by atoms with van der Waals surface area (Å²) in [5.41, 5.74) is 0.433. The number of ether oxygens (including phenoxy) is 1. The van der Waals surface area contributed by atoms with E-state index in [9.17, 15) is 13.2 Å². The van der Waals surface area contributed by atoms with E-state index in [1.165, 1.54) is 38.4 Å². The molecule has 0 saturated heterocycles. The van der Waals surface area contributed by atoms with Gasteiger partial charge in [-0.1, -0.05) is 0 Å². The van der Waals surface area contributed by atoms with Gasteiger partial charge in [0.15, 0.2) is 0 Å². The van der Waals surface area contributed by atoms with Gasteiger partial charge in [0.05, 0.1) is 11.0 Å². The normalized spacial score (nSPS) is 11.9. The van der Waals surface area contributed by atoms with Crippen LogP contribution in [0, 0.1) is 0 Å². The Morgan fingerprint density at radius 2 is 1.82 bits per heavy atom. The van der Waals surface area contributed by atoms with Crippen LogP contribution < -0.4 is 5.32 Å². The minimum atomic E-state index is -3.47. The summed E-state index contributed by atoms with van der Waals surface area (Å²) >= 11 is 0. The van der Waals surface area contributed by atoms with Crippen molar-refractivity contribution < 1.29 is 17.9 Å². The zero-order valence-corrected chi connectivity index (χ0v) is 14.3. The van der Waals surface area contributed by atoms with Crippen molar-refractivity contribution in [3.8, 4) is 0 Å². The monoisotopic (exact) mass is 328 g/mol. The molecule has 0 bridgehead atoms. The summed E-state index contributed by atoms with van der Waals surface area (Å²) in [6.07, 6.45) is 0.915. The van der Waals surface area contributed by atoms with E-state index >= 15 is 0 Å². The van der Waals surface area contributed by atoms with Gasteiger partial charge >= 0.3 is 0 Å². The molecule has 0 aliphatic carbocycles. The maximum absolute atomic E-state index is 11.9. The van der Waals surface area contributed by atoms with Gasteiger partial charge in [0.25, 0.3) is 5.91 Å². The van der Waals surface area contributed by atoms with Crippen LogP contribution in [-0.2, 0) is 14.8 Å². The second kappa shape index (κ2) is 8.26. The van der Waals surface area contributed by atoms with Crippen LogP contribution in [0.2, 0.25) is 0 Å². The highest BCUT2D eigenvalue weighted by atomic mass is 32.2. The number of carbonyl (C=O) groups excluding carboxylic acids is 1. The van der Waals surface area contributed by atoms with Gasteiger partial charge in [-0.15, -0.1) is 0 Å². The predicted octanol–water partition coefficient (Wildman–Crippen LogP) is 1.48. The molecule has 0 atom stereocenters. The highest BCUT2D eigenvalue weighted by Gasteiger charge is 2.17. The largest absolute Gasteiger partial charge is 0.379 e. The van der Waals surface area contributed by atoms with E-state index in [0.29, 0.717) is 18.7 Å². The number of sulfonamides is 1. The van der Waals surface area contributed by atoms with Crippen LogP contribution in [0.3, 0.4) is 0 Å². The van der Waals surface area contributed by atoms with Crippen molar-refractivity contribution in [1.29, 1.82) is 0 Å². The van der Waals surface area contributed by atoms with Crippen molar-refractivity contribution in [2.45, 2.75) is 31.3 Å². The number of carbonyl (C=O) groups is 1. The zero-order valence-electron chi connectivity index (χ0n) is 13.5. The summed E-state index contributed by atoms with van der Waals surface area (Å²) in [7, 11) is -0.532. The molecule has 0 fully saturated rings. The third-order valence-corrected chi connectivity index (χ3v) is 4.78. The average Bonchev–Trinajstić information content (AvgIpc) is 2.46. The average molecular weight is 328 g/mol. The van der Waals surface area contributed by atoms with Gasteiger partial charge in [-0.2, -0.15) is 0 Å².